The standard InChI is InChI=1S/C9H12BrNO4/c1-15-9(14)6-3-2-5(11-6)8(13)7(12)4-10/h2-3,7-8,11-13H,4H2,1H3. The molecule has 0 spiro atoms. The van der Waals surface area contributed by atoms with Crippen molar-refractivity contribution in [3.05, 3.63) is 23.5 Å². The molecule has 0 aliphatic heterocycles. The number of nitrogens with one attached hydrogen (secondary N) is 1. The van der Waals surface area contributed by atoms with Gasteiger partial charge >= 0.3 is 5.97 Å². The van der Waals surface area contributed by atoms with E-state index in [1.54, 1.807) is 0 Å². The van der Waals surface area contributed by atoms with Gasteiger partial charge in [0.15, 0.2) is 0 Å². The molecule has 1 heterocycles. The summed E-state index contributed by atoms with van der Waals surface area (Å²) in [7, 11) is 1.27. The molecule has 0 saturated carbocycles. The summed E-state index contributed by atoms with van der Waals surface area (Å²) in [5, 5.41) is 19.2. The van der Waals surface area contributed by atoms with Crippen molar-refractivity contribution in [1.29, 1.82) is 0 Å². The lowest BCUT2D eigenvalue weighted by atomic mass is 10.2. The molecule has 0 saturated heterocycles. The molecule has 0 aliphatic carbocycles. The summed E-state index contributed by atoms with van der Waals surface area (Å²) in [6, 6.07) is 3.02. The molecule has 1 aromatic rings. The zero-order valence-corrected chi connectivity index (χ0v) is 9.69. The number of ether oxygens (including phenoxy) is 1. The number of carbonyl (C=O) groups is 1. The summed E-state index contributed by atoms with van der Waals surface area (Å²) in [4.78, 5) is 13.8. The number of halogens is 1. The highest BCUT2D eigenvalue weighted by Crippen LogP contribution is 2.17. The van der Waals surface area contributed by atoms with Gasteiger partial charge in [-0.2, -0.15) is 0 Å². The molecule has 3 N–H and O–H groups in total. The molecule has 0 aromatic carbocycles. The lowest BCUT2D eigenvalue weighted by molar-refractivity contribution is 0.0316. The van der Waals surface area contributed by atoms with Gasteiger partial charge in [-0.3, -0.25) is 0 Å². The second-order valence-corrected chi connectivity index (χ2v) is 3.63. The van der Waals surface area contributed by atoms with Gasteiger partial charge in [0.1, 0.15) is 11.8 Å². The molecule has 15 heavy (non-hydrogen) atoms. The van der Waals surface area contributed by atoms with E-state index in [2.05, 4.69) is 25.7 Å². The van der Waals surface area contributed by atoms with E-state index < -0.39 is 18.2 Å². The Morgan fingerprint density at radius 1 is 1.60 bits per heavy atom. The van der Waals surface area contributed by atoms with E-state index >= 15 is 0 Å². The predicted molar refractivity (Wildman–Crippen MR) is 56.9 cm³/mol. The average molecular weight is 278 g/mol. The third kappa shape index (κ3) is 2.80. The molecule has 0 aliphatic rings. The van der Waals surface area contributed by atoms with Gasteiger partial charge in [-0.15, -0.1) is 0 Å². The fourth-order valence-corrected chi connectivity index (χ4v) is 1.46. The summed E-state index contributed by atoms with van der Waals surface area (Å²) >= 11 is 3.05. The zero-order valence-electron chi connectivity index (χ0n) is 8.11. The quantitative estimate of drug-likeness (QED) is 0.556. The molecule has 0 radical (unpaired) electrons. The third-order valence-corrected chi connectivity index (χ3v) is 2.62. The van der Waals surface area contributed by atoms with Gasteiger partial charge in [0.25, 0.3) is 0 Å². The second kappa shape index (κ2) is 5.29. The van der Waals surface area contributed by atoms with Gasteiger partial charge in [0, 0.05) is 11.0 Å². The molecule has 84 valence electrons. The molecule has 0 bridgehead atoms. The van der Waals surface area contributed by atoms with Crippen molar-refractivity contribution in [3.8, 4) is 0 Å². The molecule has 1 aromatic heterocycles. The molecule has 5 nitrogen and oxygen atoms in total. The maximum Gasteiger partial charge on any atom is 0.354 e. The van der Waals surface area contributed by atoms with Crippen LogP contribution in [0, 0.1) is 0 Å². The SMILES string of the molecule is COC(=O)c1ccc(C(O)C(O)CBr)[nH]1. The number of rotatable bonds is 4. The first-order chi connectivity index (χ1) is 7.10. The summed E-state index contributed by atoms with van der Waals surface area (Å²) in [6.07, 6.45) is -1.98. The lowest BCUT2D eigenvalue weighted by Crippen LogP contribution is -2.20. The van der Waals surface area contributed by atoms with Crippen LogP contribution in [0.2, 0.25) is 0 Å². The molecule has 1 rings (SSSR count). The van der Waals surface area contributed by atoms with Crippen molar-refractivity contribution in [3.63, 3.8) is 0 Å². The van der Waals surface area contributed by atoms with Crippen LogP contribution in [0.3, 0.4) is 0 Å². The maximum absolute atomic E-state index is 11.1. The topological polar surface area (TPSA) is 82.6 Å². The van der Waals surface area contributed by atoms with Crippen molar-refractivity contribution in [2.45, 2.75) is 12.2 Å². The Bertz CT molecular complexity index is 339. The minimum absolute atomic E-state index is 0.244. The molecular weight excluding hydrogens is 266 g/mol. The number of hydrogen-bond acceptors (Lipinski definition) is 4. The van der Waals surface area contributed by atoms with E-state index in [0.29, 0.717) is 5.69 Å². The van der Waals surface area contributed by atoms with Gasteiger partial charge in [-0.1, -0.05) is 15.9 Å². The number of carbonyl (C=O) groups excluding carboxylic acids is 1. The van der Waals surface area contributed by atoms with E-state index in [4.69, 9.17) is 0 Å². The monoisotopic (exact) mass is 277 g/mol. The van der Waals surface area contributed by atoms with E-state index in [1.807, 2.05) is 0 Å². The van der Waals surface area contributed by atoms with E-state index in [0.717, 1.165) is 0 Å². The molecule has 0 amide bonds. The van der Waals surface area contributed by atoms with Crippen LogP contribution in [0.1, 0.15) is 22.3 Å². The van der Waals surface area contributed by atoms with Crippen LogP contribution in [-0.2, 0) is 4.74 Å². The first-order valence-electron chi connectivity index (χ1n) is 4.29. The van der Waals surface area contributed by atoms with Crippen LogP contribution in [0.4, 0.5) is 0 Å². The smallest absolute Gasteiger partial charge is 0.354 e. The predicted octanol–water partition coefficient (Wildman–Crippen LogP) is 0.591. The van der Waals surface area contributed by atoms with Crippen LogP contribution in [0.15, 0.2) is 12.1 Å². The number of aliphatic hydroxyl groups is 2. The van der Waals surface area contributed by atoms with Crippen molar-refractivity contribution >= 4 is 21.9 Å². The van der Waals surface area contributed by atoms with Gasteiger partial charge in [0.05, 0.1) is 13.2 Å². The number of H-pyrrole nitrogens is 1. The van der Waals surface area contributed by atoms with Crippen LogP contribution in [-0.4, -0.2) is 39.7 Å². The normalized spacial score (nSPS) is 14.7. The maximum atomic E-state index is 11.1. The molecule has 2 atom stereocenters. The Hall–Kier alpha value is -0.850. The Balaban J connectivity index is 2.79. The first-order valence-corrected chi connectivity index (χ1v) is 5.41. The highest BCUT2D eigenvalue weighted by atomic mass is 79.9. The number of methoxy groups -OCH3 is 1. The number of hydrogen-bond donors (Lipinski definition) is 3. The number of aliphatic hydroxyl groups excluding tert-OH is 2. The Morgan fingerprint density at radius 2 is 2.27 bits per heavy atom. The third-order valence-electron chi connectivity index (χ3n) is 1.96. The Kier molecular flexibility index (Phi) is 4.31. The summed E-state index contributed by atoms with van der Waals surface area (Å²) < 4.78 is 4.49. The summed E-state index contributed by atoms with van der Waals surface area (Å²) in [5.74, 6) is -0.512. The van der Waals surface area contributed by atoms with Crippen LogP contribution < -0.4 is 0 Å². The lowest BCUT2D eigenvalue weighted by Gasteiger charge is -2.13. The highest BCUT2D eigenvalue weighted by Gasteiger charge is 2.19. The van der Waals surface area contributed by atoms with Gasteiger partial charge < -0.3 is 19.9 Å². The fraction of sp³-hybridized carbons (Fsp3) is 0.444. The molecule has 2 unspecified atom stereocenters. The minimum Gasteiger partial charge on any atom is -0.464 e. The average Bonchev–Trinajstić information content (AvgIpc) is 2.75. The molecule has 6 heteroatoms. The molecular formula is C9H12BrNO4. The zero-order chi connectivity index (χ0) is 11.4. The number of aromatic amines is 1. The number of alkyl halides is 1. The molecule has 0 fully saturated rings. The Morgan fingerprint density at radius 3 is 2.80 bits per heavy atom. The van der Waals surface area contributed by atoms with Crippen molar-refractivity contribution in [2.24, 2.45) is 0 Å². The van der Waals surface area contributed by atoms with Crippen LogP contribution in [0.25, 0.3) is 0 Å². The highest BCUT2D eigenvalue weighted by molar-refractivity contribution is 9.09. The van der Waals surface area contributed by atoms with Crippen molar-refractivity contribution in [1.82, 2.24) is 4.98 Å². The summed E-state index contributed by atoms with van der Waals surface area (Å²) in [6.45, 7) is 0. The van der Waals surface area contributed by atoms with Crippen LogP contribution >= 0.6 is 15.9 Å². The number of esters is 1. The minimum atomic E-state index is -1.05. The van der Waals surface area contributed by atoms with Crippen molar-refractivity contribution in [2.75, 3.05) is 12.4 Å². The van der Waals surface area contributed by atoms with Gasteiger partial charge in [-0.25, -0.2) is 4.79 Å². The van der Waals surface area contributed by atoms with Gasteiger partial charge in [0.2, 0.25) is 0 Å². The van der Waals surface area contributed by atoms with Crippen LogP contribution in [0.5, 0.6) is 0 Å². The van der Waals surface area contributed by atoms with E-state index in [9.17, 15) is 15.0 Å². The fourth-order valence-electron chi connectivity index (χ4n) is 1.11. The summed E-state index contributed by atoms with van der Waals surface area (Å²) in [5.41, 5.74) is 0.621. The number of aromatic nitrogens is 1. The largest absolute Gasteiger partial charge is 0.464 e. The Labute approximate surface area is 95.2 Å². The van der Waals surface area contributed by atoms with Gasteiger partial charge in [-0.05, 0) is 12.1 Å². The van der Waals surface area contributed by atoms with E-state index in [1.165, 1.54) is 19.2 Å². The van der Waals surface area contributed by atoms with E-state index in [-0.39, 0.29) is 11.0 Å². The van der Waals surface area contributed by atoms with Crippen molar-refractivity contribution < 1.29 is 19.7 Å². The first kappa shape index (κ1) is 12.2. The second-order valence-electron chi connectivity index (χ2n) is 2.99.